The number of benzene rings is 1. The highest BCUT2D eigenvalue weighted by molar-refractivity contribution is 6.42. The minimum Gasteiger partial charge on any atom is -0.315 e. The van der Waals surface area contributed by atoms with E-state index in [-0.39, 0.29) is 0 Å². The minimum absolute atomic E-state index is 0.444. The van der Waals surface area contributed by atoms with Gasteiger partial charge in [0.15, 0.2) is 0 Å². The number of hydrogen-bond acceptors (Lipinski definition) is 2. The Labute approximate surface area is 119 Å². The van der Waals surface area contributed by atoms with Crippen LogP contribution in [0.4, 0.5) is 0 Å². The lowest BCUT2D eigenvalue weighted by atomic mass is 10.0. The van der Waals surface area contributed by atoms with E-state index in [1.165, 1.54) is 12.0 Å². The van der Waals surface area contributed by atoms with E-state index in [1.54, 1.807) is 0 Å². The van der Waals surface area contributed by atoms with Gasteiger partial charge in [0.2, 0.25) is 0 Å². The average molecular weight is 287 g/mol. The summed E-state index contributed by atoms with van der Waals surface area (Å²) in [5.41, 5.74) is 1.27. The SMILES string of the molecule is CCC(c1ccc(Cl)c(Cl)c1)N1CCCNCC1. The van der Waals surface area contributed by atoms with Crippen LogP contribution in [-0.2, 0) is 0 Å². The fraction of sp³-hybridized carbons (Fsp3) is 0.571. The van der Waals surface area contributed by atoms with Gasteiger partial charge in [-0.3, -0.25) is 4.90 Å². The predicted molar refractivity (Wildman–Crippen MR) is 78.6 cm³/mol. The van der Waals surface area contributed by atoms with E-state index in [4.69, 9.17) is 23.2 Å². The molecule has 1 unspecified atom stereocenters. The van der Waals surface area contributed by atoms with Gasteiger partial charge in [-0.2, -0.15) is 0 Å². The smallest absolute Gasteiger partial charge is 0.0595 e. The van der Waals surface area contributed by atoms with E-state index in [1.807, 2.05) is 12.1 Å². The van der Waals surface area contributed by atoms with Crippen LogP contribution in [0.15, 0.2) is 18.2 Å². The van der Waals surface area contributed by atoms with Crippen molar-refractivity contribution in [1.29, 1.82) is 0 Å². The van der Waals surface area contributed by atoms with Crippen LogP contribution < -0.4 is 5.32 Å². The van der Waals surface area contributed by atoms with Crippen molar-refractivity contribution in [1.82, 2.24) is 10.2 Å². The molecule has 1 heterocycles. The van der Waals surface area contributed by atoms with E-state index in [2.05, 4.69) is 23.2 Å². The lowest BCUT2D eigenvalue weighted by molar-refractivity contribution is 0.205. The molecule has 1 aromatic carbocycles. The van der Waals surface area contributed by atoms with E-state index in [0.29, 0.717) is 16.1 Å². The Morgan fingerprint density at radius 1 is 1.22 bits per heavy atom. The first-order chi connectivity index (χ1) is 8.72. The molecule has 0 aromatic heterocycles. The minimum atomic E-state index is 0.444. The topological polar surface area (TPSA) is 15.3 Å². The van der Waals surface area contributed by atoms with Gasteiger partial charge in [0, 0.05) is 25.7 Å². The Kier molecular flexibility index (Phi) is 5.31. The standard InChI is InChI=1S/C14H20Cl2N2/c1-2-14(18-8-3-6-17-7-9-18)11-4-5-12(15)13(16)10-11/h4-5,10,14,17H,2-3,6-9H2,1H3. The molecule has 1 aromatic rings. The van der Waals surface area contributed by atoms with Crippen LogP contribution in [0, 0.1) is 0 Å². The molecule has 0 radical (unpaired) electrons. The van der Waals surface area contributed by atoms with Gasteiger partial charge >= 0.3 is 0 Å². The molecule has 1 fully saturated rings. The highest BCUT2D eigenvalue weighted by Crippen LogP contribution is 2.30. The number of halogens is 2. The maximum absolute atomic E-state index is 6.12. The van der Waals surface area contributed by atoms with Crippen LogP contribution in [0.5, 0.6) is 0 Å². The molecule has 0 amide bonds. The van der Waals surface area contributed by atoms with Crippen molar-refractivity contribution >= 4 is 23.2 Å². The molecule has 0 bridgehead atoms. The molecule has 1 aliphatic heterocycles. The van der Waals surface area contributed by atoms with Crippen molar-refractivity contribution in [3.05, 3.63) is 33.8 Å². The van der Waals surface area contributed by atoms with Crippen molar-refractivity contribution < 1.29 is 0 Å². The lowest BCUT2D eigenvalue weighted by Crippen LogP contribution is -2.32. The second-order valence-electron chi connectivity index (χ2n) is 4.74. The van der Waals surface area contributed by atoms with Gasteiger partial charge in [0.25, 0.3) is 0 Å². The highest BCUT2D eigenvalue weighted by Gasteiger charge is 2.20. The molecule has 1 aliphatic rings. The molecule has 18 heavy (non-hydrogen) atoms. The molecule has 2 rings (SSSR count). The molecule has 4 heteroatoms. The van der Waals surface area contributed by atoms with Crippen LogP contribution in [0.2, 0.25) is 10.0 Å². The number of hydrogen-bond donors (Lipinski definition) is 1. The Morgan fingerprint density at radius 2 is 2.06 bits per heavy atom. The largest absolute Gasteiger partial charge is 0.315 e. The zero-order chi connectivity index (χ0) is 13.0. The van der Waals surface area contributed by atoms with Crippen LogP contribution in [-0.4, -0.2) is 31.1 Å². The zero-order valence-electron chi connectivity index (χ0n) is 10.8. The van der Waals surface area contributed by atoms with Crippen molar-refractivity contribution in [3.63, 3.8) is 0 Å². The highest BCUT2D eigenvalue weighted by atomic mass is 35.5. The van der Waals surface area contributed by atoms with Crippen molar-refractivity contribution in [2.75, 3.05) is 26.2 Å². The summed E-state index contributed by atoms with van der Waals surface area (Å²) in [7, 11) is 0. The molecule has 1 N–H and O–H groups in total. The summed E-state index contributed by atoms with van der Waals surface area (Å²) in [5, 5.41) is 4.72. The molecule has 2 nitrogen and oxygen atoms in total. The molecular weight excluding hydrogens is 267 g/mol. The van der Waals surface area contributed by atoms with Gasteiger partial charge < -0.3 is 5.32 Å². The van der Waals surface area contributed by atoms with Gasteiger partial charge in [-0.25, -0.2) is 0 Å². The first-order valence-electron chi connectivity index (χ1n) is 6.62. The second-order valence-corrected chi connectivity index (χ2v) is 5.55. The quantitative estimate of drug-likeness (QED) is 0.911. The van der Waals surface area contributed by atoms with Gasteiger partial charge in [0.1, 0.15) is 0 Å². The lowest BCUT2D eigenvalue weighted by Gasteiger charge is -2.30. The van der Waals surface area contributed by atoms with E-state index >= 15 is 0 Å². The first kappa shape index (κ1) is 14.1. The Balaban J connectivity index is 2.17. The maximum Gasteiger partial charge on any atom is 0.0595 e. The van der Waals surface area contributed by atoms with Crippen LogP contribution in [0.1, 0.15) is 31.4 Å². The van der Waals surface area contributed by atoms with Crippen LogP contribution in [0.3, 0.4) is 0 Å². The van der Waals surface area contributed by atoms with Gasteiger partial charge in [-0.1, -0.05) is 36.2 Å². The van der Waals surface area contributed by atoms with Gasteiger partial charge in [-0.05, 0) is 37.1 Å². The van der Waals surface area contributed by atoms with E-state index < -0.39 is 0 Å². The summed E-state index contributed by atoms with van der Waals surface area (Å²) in [6.45, 7) is 6.65. The molecule has 100 valence electrons. The molecular formula is C14H20Cl2N2. The predicted octanol–water partition coefficient (Wildman–Crippen LogP) is 3.74. The summed E-state index contributed by atoms with van der Waals surface area (Å²) in [5.74, 6) is 0. The fourth-order valence-electron chi connectivity index (χ4n) is 2.60. The average Bonchev–Trinajstić information content (AvgIpc) is 2.64. The number of rotatable bonds is 3. The molecule has 0 spiro atoms. The zero-order valence-corrected chi connectivity index (χ0v) is 12.3. The summed E-state index contributed by atoms with van der Waals surface area (Å²) in [4.78, 5) is 2.54. The van der Waals surface area contributed by atoms with Crippen molar-refractivity contribution in [2.45, 2.75) is 25.8 Å². The Bertz CT molecular complexity index is 387. The monoisotopic (exact) mass is 286 g/mol. The summed E-state index contributed by atoms with van der Waals surface area (Å²) >= 11 is 12.1. The van der Waals surface area contributed by atoms with E-state index in [9.17, 15) is 0 Å². The molecule has 1 atom stereocenters. The van der Waals surface area contributed by atoms with Gasteiger partial charge in [-0.15, -0.1) is 0 Å². The van der Waals surface area contributed by atoms with Crippen LogP contribution >= 0.6 is 23.2 Å². The third-order valence-corrected chi connectivity index (χ3v) is 4.27. The Morgan fingerprint density at radius 3 is 2.78 bits per heavy atom. The van der Waals surface area contributed by atoms with Crippen molar-refractivity contribution in [2.24, 2.45) is 0 Å². The third kappa shape index (κ3) is 3.39. The normalized spacial score (nSPS) is 19.5. The fourth-order valence-corrected chi connectivity index (χ4v) is 2.91. The second kappa shape index (κ2) is 6.76. The summed E-state index contributed by atoms with van der Waals surface area (Å²) in [6, 6.07) is 6.45. The number of nitrogens with zero attached hydrogens (tertiary/aromatic N) is 1. The first-order valence-corrected chi connectivity index (χ1v) is 7.37. The molecule has 1 saturated heterocycles. The maximum atomic E-state index is 6.12. The molecule has 0 saturated carbocycles. The molecule has 0 aliphatic carbocycles. The van der Waals surface area contributed by atoms with Crippen molar-refractivity contribution in [3.8, 4) is 0 Å². The van der Waals surface area contributed by atoms with Gasteiger partial charge in [0.05, 0.1) is 10.0 Å². The number of nitrogens with one attached hydrogen (secondary N) is 1. The Hall–Kier alpha value is -0.280. The van der Waals surface area contributed by atoms with Crippen LogP contribution in [0.25, 0.3) is 0 Å². The third-order valence-electron chi connectivity index (χ3n) is 3.53. The summed E-state index contributed by atoms with van der Waals surface area (Å²) in [6.07, 6.45) is 2.30. The summed E-state index contributed by atoms with van der Waals surface area (Å²) < 4.78 is 0. The van der Waals surface area contributed by atoms with E-state index in [0.717, 1.165) is 32.6 Å².